The van der Waals surface area contributed by atoms with E-state index in [-0.39, 0.29) is 23.8 Å². The van der Waals surface area contributed by atoms with Gasteiger partial charge in [0.25, 0.3) is 0 Å². The average Bonchev–Trinajstić information content (AvgIpc) is 3.16. The number of hydrogen-bond acceptors (Lipinski definition) is 3. The monoisotopic (exact) mass is 343 g/mol. The van der Waals surface area contributed by atoms with Crippen LogP contribution in [0.1, 0.15) is 50.6 Å². The summed E-state index contributed by atoms with van der Waals surface area (Å²) < 4.78 is 0. The minimum absolute atomic E-state index is 0.0811. The Morgan fingerprint density at radius 2 is 1.96 bits per heavy atom. The highest BCUT2D eigenvalue weighted by Crippen LogP contribution is 2.29. The molecule has 5 nitrogen and oxygen atoms in total. The van der Waals surface area contributed by atoms with Crippen LogP contribution < -0.4 is 0 Å². The molecule has 0 spiro atoms. The fraction of sp³-hybridized carbons (Fsp3) is 0.650. The first-order chi connectivity index (χ1) is 12.2. The maximum atomic E-state index is 12.9. The molecule has 1 atom stereocenters. The molecule has 0 aromatic carbocycles. The van der Waals surface area contributed by atoms with Gasteiger partial charge in [-0.15, -0.1) is 0 Å². The number of amides is 2. The van der Waals surface area contributed by atoms with Crippen molar-refractivity contribution < 1.29 is 9.59 Å². The van der Waals surface area contributed by atoms with Gasteiger partial charge in [-0.3, -0.25) is 14.6 Å². The van der Waals surface area contributed by atoms with Gasteiger partial charge < -0.3 is 9.80 Å². The quantitative estimate of drug-likeness (QED) is 0.826. The van der Waals surface area contributed by atoms with E-state index in [2.05, 4.69) is 4.98 Å². The van der Waals surface area contributed by atoms with E-state index in [1.54, 1.807) is 11.1 Å². The van der Waals surface area contributed by atoms with E-state index < -0.39 is 0 Å². The number of rotatable bonds is 5. The minimum atomic E-state index is -0.261. The lowest BCUT2D eigenvalue weighted by Gasteiger charge is -2.32. The molecule has 1 aromatic heterocycles. The van der Waals surface area contributed by atoms with E-state index in [1.165, 1.54) is 6.42 Å². The SMILES string of the molecule is CN(CCc1ccccn1)C(=O)[C@@H]1CCCN1C(=O)C1CCCCC1. The van der Waals surface area contributed by atoms with E-state index >= 15 is 0 Å². The number of carbonyl (C=O) groups is 2. The van der Waals surface area contributed by atoms with Crippen LogP contribution in [0.25, 0.3) is 0 Å². The zero-order valence-electron chi connectivity index (χ0n) is 15.2. The van der Waals surface area contributed by atoms with Gasteiger partial charge in [0.15, 0.2) is 0 Å². The molecule has 1 aliphatic heterocycles. The predicted molar refractivity (Wildman–Crippen MR) is 96.9 cm³/mol. The maximum Gasteiger partial charge on any atom is 0.245 e. The zero-order valence-corrected chi connectivity index (χ0v) is 15.2. The summed E-state index contributed by atoms with van der Waals surface area (Å²) in [6.07, 6.45) is 9.76. The van der Waals surface area contributed by atoms with Crippen LogP contribution in [-0.4, -0.2) is 52.8 Å². The van der Waals surface area contributed by atoms with E-state index in [4.69, 9.17) is 0 Å². The Bertz CT molecular complexity index is 584. The van der Waals surface area contributed by atoms with Crippen LogP contribution in [-0.2, 0) is 16.0 Å². The second-order valence-corrected chi connectivity index (χ2v) is 7.36. The molecular weight excluding hydrogens is 314 g/mol. The second kappa shape index (κ2) is 8.45. The molecule has 0 unspecified atom stereocenters. The van der Waals surface area contributed by atoms with Gasteiger partial charge in [-0.2, -0.15) is 0 Å². The van der Waals surface area contributed by atoms with Gasteiger partial charge in [-0.1, -0.05) is 25.3 Å². The first kappa shape index (κ1) is 17.9. The molecule has 1 aliphatic carbocycles. The van der Waals surface area contributed by atoms with E-state index in [9.17, 15) is 9.59 Å². The van der Waals surface area contributed by atoms with Crippen LogP contribution >= 0.6 is 0 Å². The third-order valence-electron chi connectivity index (χ3n) is 5.58. The average molecular weight is 343 g/mol. The molecule has 136 valence electrons. The minimum Gasteiger partial charge on any atom is -0.344 e. The number of aromatic nitrogens is 1. The molecule has 1 saturated heterocycles. The highest BCUT2D eigenvalue weighted by atomic mass is 16.2. The van der Waals surface area contributed by atoms with Crippen molar-refractivity contribution in [1.82, 2.24) is 14.8 Å². The van der Waals surface area contributed by atoms with Crippen LogP contribution in [0, 0.1) is 5.92 Å². The Hall–Kier alpha value is -1.91. The summed E-state index contributed by atoms with van der Waals surface area (Å²) in [5.41, 5.74) is 0.990. The van der Waals surface area contributed by atoms with Crippen molar-refractivity contribution in [3.8, 4) is 0 Å². The number of carbonyl (C=O) groups excluding carboxylic acids is 2. The molecule has 2 amide bonds. The summed E-state index contributed by atoms with van der Waals surface area (Å²) in [4.78, 5) is 33.7. The molecule has 2 heterocycles. The number of likely N-dealkylation sites (N-methyl/N-ethyl adjacent to an activating group) is 1. The zero-order chi connectivity index (χ0) is 17.6. The number of pyridine rings is 1. The smallest absolute Gasteiger partial charge is 0.245 e. The normalized spacial score (nSPS) is 21.3. The molecule has 1 aromatic rings. The van der Waals surface area contributed by atoms with Gasteiger partial charge in [0, 0.05) is 44.4 Å². The summed E-state index contributed by atoms with van der Waals surface area (Å²) >= 11 is 0. The van der Waals surface area contributed by atoms with Gasteiger partial charge in [0.1, 0.15) is 6.04 Å². The van der Waals surface area contributed by atoms with Crippen LogP contribution in [0.5, 0.6) is 0 Å². The van der Waals surface area contributed by atoms with Crippen molar-refractivity contribution in [3.63, 3.8) is 0 Å². The highest BCUT2D eigenvalue weighted by Gasteiger charge is 2.38. The summed E-state index contributed by atoms with van der Waals surface area (Å²) in [7, 11) is 1.84. The summed E-state index contributed by atoms with van der Waals surface area (Å²) in [5, 5.41) is 0. The van der Waals surface area contributed by atoms with Crippen molar-refractivity contribution in [2.24, 2.45) is 5.92 Å². The van der Waals surface area contributed by atoms with Gasteiger partial charge in [-0.25, -0.2) is 0 Å². The number of hydrogen-bond donors (Lipinski definition) is 0. The molecule has 25 heavy (non-hydrogen) atoms. The van der Waals surface area contributed by atoms with Gasteiger partial charge in [0.2, 0.25) is 11.8 Å². The lowest BCUT2D eigenvalue weighted by Crippen LogP contribution is -2.49. The molecule has 0 radical (unpaired) electrons. The van der Waals surface area contributed by atoms with Gasteiger partial charge >= 0.3 is 0 Å². The van der Waals surface area contributed by atoms with Gasteiger partial charge in [-0.05, 0) is 37.8 Å². The van der Waals surface area contributed by atoms with E-state index in [0.717, 1.165) is 57.2 Å². The lowest BCUT2D eigenvalue weighted by molar-refractivity contribution is -0.146. The van der Waals surface area contributed by atoms with Crippen LogP contribution in [0.4, 0.5) is 0 Å². The van der Waals surface area contributed by atoms with Crippen molar-refractivity contribution in [3.05, 3.63) is 30.1 Å². The molecule has 3 rings (SSSR count). The standard InChI is InChI=1S/C20H29N3O2/c1-22(15-12-17-10-5-6-13-21-17)20(25)18-11-7-14-23(18)19(24)16-8-3-2-4-9-16/h5-6,10,13,16,18H,2-4,7-9,11-12,14-15H2,1H3/t18-/m0/s1. The third-order valence-corrected chi connectivity index (χ3v) is 5.58. The predicted octanol–water partition coefficient (Wildman–Crippen LogP) is 2.65. The highest BCUT2D eigenvalue weighted by molar-refractivity contribution is 5.89. The Kier molecular flexibility index (Phi) is 6.05. The molecule has 2 aliphatic rings. The summed E-state index contributed by atoms with van der Waals surface area (Å²) in [6, 6.07) is 5.58. The van der Waals surface area contributed by atoms with Crippen molar-refractivity contribution in [2.75, 3.05) is 20.1 Å². The largest absolute Gasteiger partial charge is 0.344 e. The van der Waals surface area contributed by atoms with Crippen molar-refractivity contribution >= 4 is 11.8 Å². The fourth-order valence-electron chi connectivity index (χ4n) is 4.06. The van der Waals surface area contributed by atoms with Crippen LogP contribution in [0.3, 0.4) is 0 Å². The Morgan fingerprint density at radius 3 is 2.68 bits per heavy atom. The van der Waals surface area contributed by atoms with Crippen molar-refractivity contribution in [2.45, 2.75) is 57.4 Å². The van der Waals surface area contributed by atoms with Crippen LogP contribution in [0.2, 0.25) is 0 Å². The molecular formula is C20H29N3O2. The second-order valence-electron chi connectivity index (χ2n) is 7.36. The van der Waals surface area contributed by atoms with Crippen LogP contribution in [0.15, 0.2) is 24.4 Å². The molecule has 5 heteroatoms. The van der Waals surface area contributed by atoms with Crippen molar-refractivity contribution in [1.29, 1.82) is 0 Å². The van der Waals surface area contributed by atoms with E-state index in [1.807, 2.05) is 30.1 Å². The molecule has 2 fully saturated rings. The van der Waals surface area contributed by atoms with Gasteiger partial charge in [0.05, 0.1) is 0 Å². The number of likely N-dealkylation sites (tertiary alicyclic amines) is 1. The summed E-state index contributed by atoms with van der Waals surface area (Å²) in [6.45, 7) is 1.37. The Balaban J connectivity index is 1.56. The topological polar surface area (TPSA) is 53.5 Å². The third kappa shape index (κ3) is 4.39. The molecule has 0 bridgehead atoms. The summed E-state index contributed by atoms with van der Waals surface area (Å²) in [5.74, 6) is 0.437. The lowest BCUT2D eigenvalue weighted by atomic mass is 9.88. The Morgan fingerprint density at radius 1 is 1.16 bits per heavy atom. The molecule has 0 N–H and O–H groups in total. The Labute approximate surface area is 150 Å². The maximum absolute atomic E-state index is 12.9. The molecule has 1 saturated carbocycles. The first-order valence-corrected chi connectivity index (χ1v) is 9.62. The fourth-order valence-corrected chi connectivity index (χ4v) is 4.06. The number of nitrogens with zero attached hydrogens (tertiary/aromatic N) is 3. The first-order valence-electron chi connectivity index (χ1n) is 9.62. The van der Waals surface area contributed by atoms with E-state index in [0.29, 0.717) is 6.54 Å².